The summed E-state index contributed by atoms with van der Waals surface area (Å²) in [5, 5.41) is 6.14. The number of benzene rings is 1. The molecule has 1 atom stereocenters. The molecule has 1 unspecified atom stereocenters. The van der Waals surface area contributed by atoms with Crippen molar-refractivity contribution < 1.29 is 9.53 Å². The smallest absolute Gasteiger partial charge is 0.223 e. The summed E-state index contributed by atoms with van der Waals surface area (Å²) in [6.45, 7) is 3.18. The predicted octanol–water partition coefficient (Wildman–Crippen LogP) is 2.96. The minimum absolute atomic E-state index is 0.0343. The first-order valence-electron chi connectivity index (χ1n) is 7.68. The number of aromatic nitrogens is 1. The van der Waals surface area contributed by atoms with Crippen LogP contribution in [0.1, 0.15) is 29.6 Å². The first-order valence-corrected chi connectivity index (χ1v) is 8.56. The van der Waals surface area contributed by atoms with Crippen LogP contribution in [0, 0.1) is 5.92 Å². The van der Waals surface area contributed by atoms with Crippen molar-refractivity contribution in [2.24, 2.45) is 5.92 Å². The Hall–Kier alpha value is -1.88. The molecule has 5 heteroatoms. The lowest BCUT2D eigenvalue weighted by Crippen LogP contribution is -2.31. The molecule has 1 amide bonds. The van der Waals surface area contributed by atoms with E-state index in [2.05, 4.69) is 17.2 Å². The van der Waals surface area contributed by atoms with Crippen molar-refractivity contribution in [1.29, 1.82) is 0 Å². The number of ether oxygens (including phenoxy) is 1. The van der Waals surface area contributed by atoms with Crippen molar-refractivity contribution in [1.82, 2.24) is 10.3 Å². The normalized spacial score (nSPS) is 17.2. The minimum atomic E-state index is -0.0343. The van der Waals surface area contributed by atoms with Gasteiger partial charge in [0.25, 0.3) is 0 Å². The molecule has 2 heterocycles. The van der Waals surface area contributed by atoms with Gasteiger partial charge in [0.05, 0.1) is 23.9 Å². The summed E-state index contributed by atoms with van der Waals surface area (Å²) in [6.07, 6.45) is 2.42. The van der Waals surface area contributed by atoms with E-state index in [4.69, 9.17) is 4.74 Å². The number of aryl methyl sites for hydroxylation is 1. The second kappa shape index (κ2) is 6.92. The molecule has 0 aliphatic carbocycles. The number of nitrogens with zero attached hydrogens (tertiary/aromatic N) is 1. The van der Waals surface area contributed by atoms with Gasteiger partial charge in [-0.15, -0.1) is 11.3 Å². The molecule has 1 aromatic heterocycles. The molecule has 3 rings (SSSR count). The zero-order chi connectivity index (χ0) is 15.4. The van der Waals surface area contributed by atoms with Gasteiger partial charge >= 0.3 is 0 Å². The fraction of sp³-hybridized carbons (Fsp3) is 0.412. The molecular formula is C17H20N2O2S. The number of hydrogen-bond donors (Lipinski definition) is 1. The average molecular weight is 316 g/mol. The summed E-state index contributed by atoms with van der Waals surface area (Å²) in [7, 11) is 0. The van der Waals surface area contributed by atoms with Crippen molar-refractivity contribution >= 4 is 17.2 Å². The van der Waals surface area contributed by atoms with E-state index in [0.717, 1.165) is 41.3 Å². The van der Waals surface area contributed by atoms with Gasteiger partial charge in [-0.2, -0.15) is 0 Å². The number of fused-ring (bicyclic) bond motifs is 1. The number of hydrogen-bond acceptors (Lipinski definition) is 4. The molecule has 1 aromatic carbocycles. The van der Waals surface area contributed by atoms with Gasteiger partial charge in [0.2, 0.25) is 5.91 Å². The van der Waals surface area contributed by atoms with Gasteiger partial charge in [-0.25, -0.2) is 4.98 Å². The Morgan fingerprint density at radius 2 is 2.32 bits per heavy atom. The maximum absolute atomic E-state index is 12.4. The predicted molar refractivity (Wildman–Crippen MR) is 87.1 cm³/mol. The van der Waals surface area contributed by atoms with Crippen LogP contribution in [0.15, 0.2) is 29.6 Å². The lowest BCUT2D eigenvalue weighted by atomic mass is 9.96. The number of carbonyl (C=O) groups excluding carboxylic acids is 1. The molecule has 0 bridgehead atoms. The van der Waals surface area contributed by atoms with Gasteiger partial charge in [-0.05, 0) is 30.9 Å². The van der Waals surface area contributed by atoms with Crippen LogP contribution in [0.4, 0.5) is 0 Å². The van der Waals surface area contributed by atoms with Crippen LogP contribution in [-0.2, 0) is 24.2 Å². The molecule has 1 N–H and O–H groups in total. The molecule has 22 heavy (non-hydrogen) atoms. The van der Waals surface area contributed by atoms with Gasteiger partial charge < -0.3 is 10.1 Å². The van der Waals surface area contributed by atoms with E-state index in [9.17, 15) is 4.79 Å². The molecule has 4 nitrogen and oxygen atoms in total. The van der Waals surface area contributed by atoms with Gasteiger partial charge in [-0.3, -0.25) is 4.79 Å². The van der Waals surface area contributed by atoms with Crippen LogP contribution in [0.25, 0.3) is 0 Å². The van der Waals surface area contributed by atoms with Crippen molar-refractivity contribution in [2.75, 3.05) is 6.61 Å². The first-order chi connectivity index (χ1) is 10.8. The van der Waals surface area contributed by atoms with Crippen LogP contribution in [0.2, 0.25) is 0 Å². The Morgan fingerprint density at radius 1 is 1.45 bits per heavy atom. The molecule has 2 aromatic rings. The number of amides is 1. The Balaban J connectivity index is 1.60. The minimum Gasteiger partial charge on any atom is -0.493 e. The van der Waals surface area contributed by atoms with E-state index in [1.54, 1.807) is 11.3 Å². The Labute approximate surface area is 134 Å². The molecule has 0 saturated carbocycles. The van der Waals surface area contributed by atoms with E-state index < -0.39 is 0 Å². The number of para-hydroxylation sites is 1. The van der Waals surface area contributed by atoms with E-state index in [1.807, 2.05) is 29.6 Å². The Kier molecular flexibility index (Phi) is 4.73. The van der Waals surface area contributed by atoms with Crippen LogP contribution in [0.3, 0.4) is 0 Å². The van der Waals surface area contributed by atoms with Gasteiger partial charge in [-0.1, -0.05) is 25.1 Å². The maximum Gasteiger partial charge on any atom is 0.223 e. The third-order valence-electron chi connectivity index (χ3n) is 3.88. The van der Waals surface area contributed by atoms with Crippen molar-refractivity contribution in [2.45, 2.75) is 32.7 Å². The topological polar surface area (TPSA) is 51.2 Å². The van der Waals surface area contributed by atoms with E-state index in [1.165, 1.54) is 0 Å². The molecular weight excluding hydrogens is 296 g/mol. The van der Waals surface area contributed by atoms with Crippen molar-refractivity contribution in [3.8, 4) is 5.75 Å². The summed E-state index contributed by atoms with van der Waals surface area (Å²) < 4.78 is 5.72. The number of rotatable bonds is 4. The third kappa shape index (κ3) is 3.47. The molecule has 0 fully saturated rings. The van der Waals surface area contributed by atoms with Crippen LogP contribution < -0.4 is 10.1 Å². The van der Waals surface area contributed by atoms with Crippen LogP contribution >= 0.6 is 11.3 Å². The molecule has 1 aliphatic heterocycles. The summed E-state index contributed by atoms with van der Waals surface area (Å²) in [5.74, 6) is 0.962. The highest BCUT2D eigenvalue weighted by Crippen LogP contribution is 2.26. The monoisotopic (exact) mass is 316 g/mol. The number of carbonyl (C=O) groups is 1. The van der Waals surface area contributed by atoms with Crippen molar-refractivity contribution in [3.05, 3.63) is 45.9 Å². The van der Waals surface area contributed by atoms with Crippen LogP contribution in [0.5, 0.6) is 5.75 Å². The number of thiazole rings is 1. The van der Waals surface area contributed by atoms with Crippen molar-refractivity contribution in [3.63, 3.8) is 0 Å². The fourth-order valence-electron chi connectivity index (χ4n) is 2.63. The molecule has 116 valence electrons. The maximum atomic E-state index is 12.4. The Morgan fingerprint density at radius 3 is 3.14 bits per heavy atom. The average Bonchev–Trinajstić information content (AvgIpc) is 2.90. The highest BCUT2D eigenvalue weighted by atomic mass is 32.1. The fourth-order valence-corrected chi connectivity index (χ4v) is 3.37. The lowest BCUT2D eigenvalue weighted by molar-refractivity contribution is -0.125. The number of nitrogens with one attached hydrogen (secondary N) is 1. The quantitative estimate of drug-likeness (QED) is 0.943. The van der Waals surface area contributed by atoms with Gasteiger partial charge in [0, 0.05) is 11.3 Å². The SMILES string of the molecule is CCc1nc(CNC(=O)C2CCOc3ccccc3C2)cs1. The van der Waals surface area contributed by atoms with E-state index in [0.29, 0.717) is 13.2 Å². The lowest BCUT2D eigenvalue weighted by Gasteiger charge is -2.13. The second-order valence-electron chi connectivity index (χ2n) is 5.45. The molecule has 0 spiro atoms. The third-order valence-corrected chi connectivity index (χ3v) is 4.92. The van der Waals surface area contributed by atoms with E-state index >= 15 is 0 Å². The largest absolute Gasteiger partial charge is 0.493 e. The summed E-state index contributed by atoms with van der Waals surface area (Å²) >= 11 is 1.65. The van der Waals surface area contributed by atoms with E-state index in [-0.39, 0.29) is 11.8 Å². The summed E-state index contributed by atoms with van der Waals surface area (Å²) in [6, 6.07) is 7.96. The Bertz CT molecular complexity index is 654. The molecule has 0 radical (unpaired) electrons. The first kappa shape index (κ1) is 15.0. The standard InChI is InChI=1S/C17H20N2O2S/c1-2-16-19-14(11-22-16)10-18-17(20)13-7-8-21-15-6-4-3-5-12(15)9-13/h3-6,11,13H,2,7-10H2,1H3,(H,18,20). The summed E-state index contributed by atoms with van der Waals surface area (Å²) in [5.41, 5.74) is 2.06. The molecule has 0 saturated heterocycles. The zero-order valence-corrected chi connectivity index (χ0v) is 13.5. The highest BCUT2D eigenvalue weighted by Gasteiger charge is 2.23. The van der Waals surface area contributed by atoms with Gasteiger partial charge in [0.1, 0.15) is 5.75 Å². The van der Waals surface area contributed by atoms with Gasteiger partial charge in [0.15, 0.2) is 0 Å². The van der Waals surface area contributed by atoms with Crippen LogP contribution in [-0.4, -0.2) is 17.5 Å². The highest BCUT2D eigenvalue weighted by molar-refractivity contribution is 7.09. The summed E-state index contributed by atoms with van der Waals surface area (Å²) in [4.78, 5) is 16.9. The second-order valence-corrected chi connectivity index (χ2v) is 6.39. The molecule has 1 aliphatic rings. The zero-order valence-electron chi connectivity index (χ0n) is 12.7.